The summed E-state index contributed by atoms with van der Waals surface area (Å²) in [5.74, 6) is 0.409. The van der Waals surface area contributed by atoms with E-state index in [1.165, 1.54) is 12.1 Å². The molecule has 2 atom stereocenters. The lowest BCUT2D eigenvalue weighted by atomic mass is 10.0. The van der Waals surface area contributed by atoms with E-state index in [1.807, 2.05) is 13.8 Å². The molecule has 6 nitrogen and oxygen atoms in total. The number of aliphatic hydroxyl groups is 2. The van der Waals surface area contributed by atoms with Crippen molar-refractivity contribution >= 4 is 10.0 Å². The van der Waals surface area contributed by atoms with Crippen LogP contribution in [-0.2, 0) is 10.0 Å². The molecule has 1 aromatic rings. The Morgan fingerprint density at radius 1 is 1.36 bits per heavy atom. The van der Waals surface area contributed by atoms with Crippen molar-refractivity contribution in [2.75, 3.05) is 26.2 Å². The van der Waals surface area contributed by atoms with Crippen molar-refractivity contribution in [3.05, 3.63) is 30.3 Å². The van der Waals surface area contributed by atoms with Gasteiger partial charge in [-0.3, -0.25) is 0 Å². The third kappa shape index (κ3) is 3.67. The van der Waals surface area contributed by atoms with Crippen LogP contribution in [0.5, 0.6) is 0 Å². The van der Waals surface area contributed by atoms with E-state index in [1.54, 1.807) is 18.2 Å². The Morgan fingerprint density at radius 3 is 2.59 bits per heavy atom. The fraction of sp³-hybridized carbons (Fsp3) is 0.600. The zero-order chi connectivity index (χ0) is 16.4. The Hall–Kier alpha value is -0.990. The molecule has 1 heterocycles. The van der Waals surface area contributed by atoms with Gasteiger partial charge in [-0.05, 0) is 24.6 Å². The Kier molecular flexibility index (Phi) is 5.24. The Morgan fingerprint density at radius 2 is 2.00 bits per heavy atom. The quantitative estimate of drug-likeness (QED) is 0.685. The Labute approximate surface area is 131 Å². The van der Waals surface area contributed by atoms with E-state index in [4.69, 9.17) is 0 Å². The van der Waals surface area contributed by atoms with E-state index in [9.17, 15) is 18.6 Å². The molecule has 0 saturated carbocycles. The van der Waals surface area contributed by atoms with Gasteiger partial charge in [0.05, 0.1) is 11.0 Å². The van der Waals surface area contributed by atoms with Crippen LogP contribution in [0.4, 0.5) is 0 Å². The molecule has 0 spiro atoms. The molecule has 0 aromatic heterocycles. The lowest BCUT2D eigenvalue weighted by molar-refractivity contribution is -0.0384. The highest BCUT2D eigenvalue weighted by molar-refractivity contribution is 7.89. The van der Waals surface area contributed by atoms with Crippen molar-refractivity contribution in [2.45, 2.75) is 30.4 Å². The number of β-amino-alcohol motifs (C(OH)–C–C–N with tert-alkyl or cyclic N) is 2. The van der Waals surface area contributed by atoms with Crippen LogP contribution in [0.25, 0.3) is 0 Å². The second kappa shape index (κ2) is 6.64. The lowest BCUT2D eigenvalue weighted by Gasteiger charge is -2.26. The first-order chi connectivity index (χ1) is 10.3. The van der Waals surface area contributed by atoms with E-state index < -0.39 is 21.7 Å². The summed E-state index contributed by atoms with van der Waals surface area (Å²) in [5, 5.41) is 23.7. The summed E-state index contributed by atoms with van der Waals surface area (Å²) in [6.45, 7) is 4.71. The lowest BCUT2D eigenvalue weighted by Crippen LogP contribution is -2.50. The maximum Gasteiger partial charge on any atom is 0.243 e. The third-order valence-electron chi connectivity index (χ3n) is 3.81. The number of nitrogens with one attached hydrogen (secondary N) is 1. The molecule has 7 heteroatoms. The van der Waals surface area contributed by atoms with Crippen LogP contribution < -0.4 is 5.32 Å². The van der Waals surface area contributed by atoms with E-state index in [0.717, 1.165) is 4.31 Å². The largest absolute Gasteiger partial charge is 0.389 e. The highest BCUT2D eigenvalue weighted by atomic mass is 32.2. The van der Waals surface area contributed by atoms with E-state index in [2.05, 4.69) is 5.32 Å². The van der Waals surface area contributed by atoms with Gasteiger partial charge in [0.1, 0.15) is 5.60 Å². The minimum atomic E-state index is -3.70. The highest BCUT2D eigenvalue weighted by Crippen LogP contribution is 2.27. The molecule has 1 aliphatic rings. The number of hydrogen-bond acceptors (Lipinski definition) is 5. The molecule has 0 unspecified atom stereocenters. The molecule has 124 valence electrons. The fourth-order valence-electron chi connectivity index (χ4n) is 2.51. The first-order valence-corrected chi connectivity index (χ1v) is 8.86. The van der Waals surface area contributed by atoms with Gasteiger partial charge in [0, 0.05) is 19.6 Å². The second-order valence-electron chi connectivity index (χ2n) is 6.25. The van der Waals surface area contributed by atoms with E-state index >= 15 is 0 Å². The first-order valence-electron chi connectivity index (χ1n) is 7.42. The third-order valence-corrected chi connectivity index (χ3v) is 5.64. The number of sulfonamides is 1. The summed E-state index contributed by atoms with van der Waals surface area (Å²) >= 11 is 0. The maximum absolute atomic E-state index is 12.5. The van der Waals surface area contributed by atoms with Crippen molar-refractivity contribution in [3.63, 3.8) is 0 Å². The summed E-state index contributed by atoms with van der Waals surface area (Å²) in [6.07, 6.45) is -1.11. The van der Waals surface area contributed by atoms with E-state index in [0.29, 0.717) is 12.5 Å². The maximum atomic E-state index is 12.5. The number of aliphatic hydroxyl groups excluding tert-OH is 1. The molecular formula is C15H24N2O4S. The second-order valence-corrected chi connectivity index (χ2v) is 8.19. The SMILES string of the molecule is CC(C)CNC[C@]1(O)CN(S(=O)(=O)c2ccccc2)C[C@H]1O. The minimum Gasteiger partial charge on any atom is -0.389 e. The number of hydrogen-bond donors (Lipinski definition) is 3. The molecule has 1 aromatic carbocycles. The van der Waals surface area contributed by atoms with Crippen LogP contribution in [0, 0.1) is 5.92 Å². The van der Waals surface area contributed by atoms with Gasteiger partial charge in [-0.2, -0.15) is 4.31 Å². The summed E-state index contributed by atoms with van der Waals surface area (Å²) in [5.41, 5.74) is -1.46. The van der Waals surface area contributed by atoms with Gasteiger partial charge < -0.3 is 15.5 Å². The van der Waals surface area contributed by atoms with Crippen LogP contribution in [-0.4, -0.2) is 60.8 Å². The van der Waals surface area contributed by atoms with E-state index in [-0.39, 0.29) is 24.5 Å². The van der Waals surface area contributed by atoms with Crippen LogP contribution >= 0.6 is 0 Å². The molecule has 1 saturated heterocycles. The van der Waals surface area contributed by atoms with Gasteiger partial charge >= 0.3 is 0 Å². The molecule has 1 aliphatic heterocycles. The minimum absolute atomic E-state index is 0.100. The van der Waals surface area contributed by atoms with Gasteiger partial charge in [-0.25, -0.2) is 8.42 Å². The van der Waals surface area contributed by atoms with Crippen molar-refractivity contribution in [2.24, 2.45) is 5.92 Å². The molecule has 1 fully saturated rings. The Bertz CT molecular complexity index is 591. The average Bonchev–Trinajstić information content (AvgIpc) is 2.76. The van der Waals surface area contributed by atoms with Crippen LogP contribution in [0.1, 0.15) is 13.8 Å². The van der Waals surface area contributed by atoms with Crippen LogP contribution in [0.15, 0.2) is 35.2 Å². The summed E-state index contributed by atoms with van der Waals surface area (Å²) in [6, 6.07) is 8.06. The Balaban J connectivity index is 2.10. The normalized spacial score (nSPS) is 26.7. The number of rotatable bonds is 6. The molecule has 2 rings (SSSR count). The topological polar surface area (TPSA) is 89.9 Å². The van der Waals surface area contributed by atoms with Crippen molar-refractivity contribution in [1.82, 2.24) is 9.62 Å². The predicted molar refractivity (Wildman–Crippen MR) is 83.9 cm³/mol. The zero-order valence-electron chi connectivity index (χ0n) is 12.9. The molecular weight excluding hydrogens is 304 g/mol. The van der Waals surface area contributed by atoms with Gasteiger partial charge in [-0.1, -0.05) is 32.0 Å². The van der Waals surface area contributed by atoms with Gasteiger partial charge in [-0.15, -0.1) is 0 Å². The molecule has 0 bridgehead atoms. The van der Waals surface area contributed by atoms with Crippen molar-refractivity contribution in [3.8, 4) is 0 Å². The zero-order valence-corrected chi connectivity index (χ0v) is 13.8. The smallest absolute Gasteiger partial charge is 0.243 e. The molecule has 3 N–H and O–H groups in total. The van der Waals surface area contributed by atoms with Crippen molar-refractivity contribution < 1.29 is 18.6 Å². The monoisotopic (exact) mass is 328 g/mol. The summed E-state index contributed by atoms with van der Waals surface area (Å²) in [7, 11) is -3.70. The summed E-state index contributed by atoms with van der Waals surface area (Å²) < 4.78 is 26.2. The standard InChI is InChI=1S/C15H24N2O4S/c1-12(2)8-16-10-15(19)11-17(9-14(15)18)22(20,21)13-6-4-3-5-7-13/h3-7,12,14,16,18-19H,8-11H2,1-2H3/t14-,15+/m1/s1. The van der Waals surface area contributed by atoms with Crippen LogP contribution in [0.3, 0.4) is 0 Å². The predicted octanol–water partition coefficient (Wildman–Crippen LogP) is 0.0285. The summed E-state index contributed by atoms with van der Waals surface area (Å²) in [4.78, 5) is 0.168. The van der Waals surface area contributed by atoms with Crippen LogP contribution in [0.2, 0.25) is 0 Å². The highest BCUT2D eigenvalue weighted by Gasteiger charge is 2.48. The number of nitrogens with zero attached hydrogens (tertiary/aromatic N) is 1. The van der Waals surface area contributed by atoms with Gasteiger partial charge in [0.25, 0.3) is 0 Å². The molecule has 0 radical (unpaired) electrons. The molecule has 22 heavy (non-hydrogen) atoms. The van der Waals surface area contributed by atoms with Gasteiger partial charge in [0.15, 0.2) is 0 Å². The van der Waals surface area contributed by atoms with Crippen molar-refractivity contribution in [1.29, 1.82) is 0 Å². The average molecular weight is 328 g/mol. The van der Waals surface area contributed by atoms with Gasteiger partial charge in [0.2, 0.25) is 10.0 Å². The fourth-order valence-corrected chi connectivity index (χ4v) is 4.04. The molecule has 0 aliphatic carbocycles. The number of benzene rings is 1. The first kappa shape index (κ1) is 17.4. The molecule has 0 amide bonds.